The number of phenolic OH excluding ortho intramolecular Hbond substituents is 1. The van der Waals surface area contributed by atoms with Crippen molar-refractivity contribution in [3.8, 4) is 5.75 Å². The van der Waals surface area contributed by atoms with Gasteiger partial charge in [-0.2, -0.15) is 0 Å². The number of hydrogen-bond acceptors (Lipinski definition) is 2. The van der Waals surface area contributed by atoms with Gasteiger partial charge in [-0.25, -0.2) is 0 Å². The molecular formula is C20H26O2. The molecule has 0 spiro atoms. The van der Waals surface area contributed by atoms with E-state index in [1.807, 2.05) is 18.2 Å². The van der Waals surface area contributed by atoms with Crippen LogP contribution in [0.25, 0.3) is 0 Å². The molecule has 0 amide bonds. The minimum atomic E-state index is -0.683. The molecule has 1 aromatic rings. The highest BCUT2D eigenvalue weighted by molar-refractivity contribution is 5.40. The molecule has 2 saturated carbocycles. The van der Waals surface area contributed by atoms with Gasteiger partial charge in [-0.15, -0.1) is 6.58 Å². The van der Waals surface area contributed by atoms with Gasteiger partial charge >= 0.3 is 0 Å². The van der Waals surface area contributed by atoms with Crippen molar-refractivity contribution in [2.75, 3.05) is 0 Å². The Kier molecular flexibility index (Phi) is 3.00. The topological polar surface area (TPSA) is 40.5 Å². The van der Waals surface area contributed by atoms with E-state index in [1.54, 1.807) is 0 Å². The lowest BCUT2D eigenvalue weighted by Gasteiger charge is -2.52. The zero-order chi connectivity index (χ0) is 15.5. The molecule has 0 aromatic heterocycles. The molecule has 0 aliphatic heterocycles. The summed E-state index contributed by atoms with van der Waals surface area (Å²) in [5.74, 6) is 2.26. The number of fused-ring (bicyclic) bond motifs is 5. The van der Waals surface area contributed by atoms with Crippen LogP contribution >= 0.6 is 0 Å². The molecule has 0 radical (unpaired) electrons. The quantitative estimate of drug-likeness (QED) is 0.764. The summed E-state index contributed by atoms with van der Waals surface area (Å²) >= 11 is 0. The fraction of sp³-hybridized carbons (Fsp3) is 0.600. The maximum atomic E-state index is 11.0. The highest BCUT2D eigenvalue weighted by Gasteiger charge is 2.60. The van der Waals surface area contributed by atoms with E-state index in [9.17, 15) is 10.2 Å². The van der Waals surface area contributed by atoms with E-state index in [0.717, 1.165) is 32.1 Å². The molecule has 5 atom stereocenters. The van der Waals surface area contributed by atoms with Crippen LogP contribution in [0.15, 0.2) is 30.9 Å². The first kappa shape index (κ1) is 14.3. The number of aliphatic hydroxyl groups is 1. The lowest BCUT2D eigenvalue weighted by molar-refractivity contribution is -0.0707. The molecule has 3 aliphatic carbocycles. The van der Waals surface area contributed by atoms with Gasteiger partial charge in [-0.1, -0.05) is 19.1 Å². The van der Waals surface area contributed by atoms with Gasteiger partial charge in [0.1, 0.15) is 5.75 Å². The number of hydrogen-bond donors (Lipinski definition) is 2. The van der Waals surface area contributed by atoms with E-state index >= 15 is 0 Å². The molecule has 1 aromatic carbocycles. The lowest BCUT2D eigenvalue weighted by atomic mass is 9.53. The molecule has 0 bridgehead atoms. The van der Waals surface area contributed by atoms with Crippen molar-refractivity contribution in [1.29, 1.82) is 0 Å². The summed E-state index contributed by atoms with van der Waals surface area (Å²) in [4.78, 5) is 0. The second kappa shape index (κ2) is 4.61. The highest BCUT2D eigenvalue weighted by Crippen LogP contribution is 2.64. The van der Waals surface area contributed by atoms with Gasteiger partial charge < -0.3 is 10.2 Å². The van der Waals surface area contributed by atoms with E-state index in [2.05, 4.69) is 19.6 Å². The van der Waals surface area contributed by atoms with E-state index < -0.39 is 5.60 Å². The second-order valence-corrected chi connectivity index (χ2v) is 7.92. The van der Waals surface area contributed by atoms with Crippen LogP contribution in [0.5, 0.6) is 5.75 Å². The van der Waals surface area contributed by atoms with Gasteiger partial charge in [0.2, 0.25) is 0 Å². The standard InChI is InChI=1S/C20H26O2/c1-3-20(22)11-9-18-17-6-4-13-12-14(21)5-7-15(13)16(17)8-10-19(18,20)2/h3,5,7,12,16-18,21-22H,1,4,6,8-11H2,2H3/t16?,17?,18?,19-,20-/m0/s1. The molecule has 2 nitrogen and oxygen atoms in total. The minimum Gasteiger partial charge on any atom is -0.508 e. The van der Waals surface area contributed by atoms with Gasteiger partial charge in [0, 0.05) is 5.41 Å². The maximum absolute atomic E-state index is 11.0. The van der Waals surface area contributed by atoms with Crippen LogP contribution in [0.4, 0.5) is 0 Å². The average Bonchev–Trinajstić information content (AvgIpc) is 2.79. The van der Waals surface area contributed by atoms with Gasteiger partial charge in [0.15, 0.2) is 0 Å². The fourth-order valence-corrected chi connectivity index (χ4v) is 5.96. The zero-order valence-electron chi connectivity index (χ0n) is 13.4. The number of aromatic hydroxyl groups is 1. The Morgan fingerprint density at radius 3 is 2.82 bits per heavy atom. The average molecular weight is 298 g/mol. The number of benzene rings is 1. The number of phenols is 1. The normalized spacial score (nSPS) is 43.1. The highest BCUT2D eigenvalue weighted by atomic mass is 16.3. The van der Waals surface area contributed by atoms with Crippen LogP contribution in [-0.2, 0) is 6.42 Å². The van der Waals surface area contributed by atoms with Crippen molar-refractivity contribution in [2.24, 2.45) is 17.3 Å². The third kappa shape index (κ3) is 1.70. The van der Waals surface area contributed by atoms with E-state index in [0.29, 0.717) is 23.5 Å². The number of rotatable bonds is 1. The van der Waals surface area contributed by atoms with Gasteiger partial charge in [0.05, 0.1) is 5.60 Å². The van der Waals surface area contributed by atoms with Crippen LogP contribution in [0.3, 0.4) is 0 Å². The lowest BCUT2D eigenvalue weighted by Crippen LogP contribution is -2.49. The molecular weight excluding hydrogens is 272 g/mol. The summed E-state index contributed by atoms with van der Waals surface area (Å²) < 4.78 is 0. The molecule has 2 fully saturated rings. The van der Waals surface area contributed by atoms with Crippen LogP contribution in [0, 0.1) is 17.3 Å². The molecule has 0 heterocycles. The second-order valence-electron chi connectivity index (χ2n) is 7.92. The summed E-state index contributed by atoms with van der Waals surface area (Å²) in [6.07, 6.45) is 8.25. The Hall–Kier alpha value is -1.28. The van der Waals surface area contributed by atoms with Crippen LogP contribution in [0.2, 0.25) is 0 Å². The molecule has 22 heavy (non-hydrogen) atoms. The van der Waals surface area contributed by atoms with Crippen LogP contribution in [0.1, 0.15) is 56.1 Å². The smallest absolute Gasteiger partial charge is 0.115 e. The summed E-state index contributed by atoms with van der Waals surface area (Å²) in [6.45, 7) is 6.21. The molecule has 3 unspecified atom stereocenters. The van der Waals surface area contributed by atoms with Crippen molar-refractivity contribution in [2.45, 2.75) is 57.0 Å². The van der Waals surface area contributed by atoms with Crippen molar-refractivity contribution in [3.63, 3.8) is 0 Å². The predicted octanol–water partition coefficient (Wildman–Crippen LogP) is 4.17. The molecule has 3 aliphatic rings. The monoisotopic (exact) mass is 298 g/mol. The van der Waals surface area contributed by atoms with Crippen LogP contribution in [-0.4, -0.2) is 15.8 Å². The van der Waals surface area contributed by atoms with Gasteiger partial charge in [-0.05, 0) is 79.5 Å². The summed E-state index contributed by atoms with van der Waals surface area (Å²) in [6, 6.07) is 5.93. The Bertz CT molecular complexity index is 622. The minimum absolute atomic E-state index is 0.00958. The summed E-state index contributed by atoms with van der Waals surface area (Å²) in [7, 11) is 0. The van der Waals surface area contributed by atoms with Crippen molar-refractivity contribution >= 4 is 0 Å². The maximum Gasteiger partial charge on any atom is 0.115 e. The first-order chi connectivity index (χ1) is 10.5. The van der Waals surface area contributed by atoms with Crippen LogP contribution < -0.4 is 0 Å². The molecule has 2 N–H and O–H groups in total. The van der Waals surface area contributed by atoms with Crippen molar-refractivity contribution in [1.82, 2.24) is 0 Å². The van der Waals surface area contributed by atoms with Crippen molar-refractivity contribution in [3.05, 3.63) is 42.0 Å². The van der Waals surface area contributed by atoms with Gasteiger partial charge in [0.25, 0.3) is 0 Å². The molecule has 118 valence electrons. The van der Waals surface area contributed by atoms with E-state index in [4.69, 9.17) is 0 Å². The largest absolute Gasteiger partial charge is 0.508 e. The van der Waals surface area contributed by atoms with Gasteiger partial charge in [-0.3, -0.25) is 0 Å². The van der Waals surface area contributed by atoms with E-state index in [1.165, 1.54) is 17.5 Å². The van der Waals surface area contributed by atoms with E-state index in [-0.39, 0.29) is 5.41 Å². The molecule has 4 rings (SSSR count). The fourth-order valence-electron chi connectivity index (χ4n) is 5.96. The number of aryl methyl sites for hydroxylation is 1. The SMILES string of the molecule is C=C[C@]1(O)CCC2C3CCc4cc(O)ccc4C3CC[C@@]21C. The Labute approximate surface area is 132 Å². The Balaban J connectivity index is 1.72. The summed E-state index contributed by atoms with van der Waals surface area (Å²) in [5.41, 5.74) is 2.09. The zero-order valence-corrected chi connectivity index (χ0v) is 13.4. The summed E-state index contributed by atoms with van der Waals surface area (Å²) in [5, 5.41) is 20.8. The predicted molar refractivity (Wildman–Crippen MR) is 87.9 cm³/mol. The Morgan fingerprint density at radius 1 is 1.23 bits per heavy atom. The first-order valence-electron chi connectivity index (χ1n) is 8.66. The first-order valence-corrected chi connectivity index (χ1v) is 8.66. The third-order valence-electron chi connectivity index (χ3n) is 7.26. The molecule has 2 heteroatoms. The third-order valence-corrected chi connectivity index (χ3v) is 7.26. The Morgan fingerprint density at radius 2 is 2.05 bits per heavy atom. The molecule has 0 saturated heterocycles. The van der Waals surface area contributed by atoms with Crippen molar-refractivity contribution < 1.29 is 10.2 Å².